The van der Waals surface area contributed by atoms with Gasteiger partial charge in [-0.25, -0.2) is 4.79 Å². The number of aryl methyl sites for hydroxylation is 3. The second-order valence-electron chi connectivity index (χ2n) is 9.10. The van der Waals surface area contributed by atoms with Crippen LogP contribution in [0.25, 0.3) is 0 Å². The molecule has 2 aliphatic heterocycles. The van der Waals surface area contributed by atoms with Crippen LogP contribution in [0.15, 0.2) is 17.1 Å². The topological polar surface area (TPSA) is 73.8 Å². The standard InChI is InChI=1S/C22H32N4O2S/c1-13-10-14(2)17(15(3)11-13)24-19(27)18-16(4)23-20(29-18)25-21(28)26-9-7-8-22(5,6)12-26/h10-11,16,18H,7-9,12H2,1-6H3,(H,24,27)(H,23,25,28). The van der Waals surface area contributed by atoms with Crippen molar-refractivity contribution in [1.82, 2.24) is 10.2 Å². The summed E-state index contributed by atoms with van der Waals surface area (Å²) in [6.45, 7) is 13.8. The fraction of sp³-hybridized carbons (Fsp3) is 0.591. The van der Waals surface area contributed by atoms with Gasteiger partial charge in [0.1, 0.15) is 5.25 Å². The molecule has 1 aromatic rings. The number of amidine groups is 1. The molecule has 0 aromatic heterocycles. The van der Waals surface area contributed by atoms with E-state index in [1.807, 2.05) is 32.6 Å². The molecule has 3 amide bonds. The van der Waals surface area contributed by atoms with Crippen LogP contribution in [0, 0.1) is 26.2 Å². The Balaban J connectivity index is 1.61. The van der Waals surface area contributed by atoms with Crippen molar-refractivity contribution in [2.45, 2.75) is 65.7 Å². The molecule has 158 valence electrons. The number of thioether (sulfide) groups is 1. The zero-order valence-electron chi connectivity index (χ0n) is 18.3. The highest BCUT2D eigenvalue weighted by molar-refractivity contribution is 8.15. The van der Waals surface area contributed by atoms with E-state index in [1.54, 1.807) is 0 Å². The maximum absolute atomic E-state index is 12.9. The van der Waals surface area contributed by atoms with Gasteiger partial charge in [0, 0.05) is 18.8 Å². The molecule has 2 N–H and O–H groups in total. The minimum Gasteiger partial charge on any atom is -0.325 e. The summed E-state index contributed by atoms with van der Waals surface area (Å²) in [5, 5.41) is 6.16. The zero-order valence-corrected chi connectivity index (χ0v) is 19.1. The Bertz CT molecular complexity index is 826. The highest BCUT2D eigenvalue weighted by atomic mass is 32.2. The predicted molar refractivity (Wildman–Crippen MR) is 121 cm³/mol. The molecule has 0 bridgehead atoms. The van der Waals surface area contributed by atoms with Crippen molar-refractivity contribution in [3.05, 3.63) is 28.8 Å². The molecule has 1 fully saturated rings. The van der Waals surface area contributed by atoms with Gasteiger partial charge in [0.15, 0.2) is 5.17 Å². The van der Waals surface area contributed by atoms with Gasteiger partial charge in [-0.05, 0) is 57.1 Å². The number of urea groups is 1. The molecule has 1 saturated heterocycles. The quantitative estimate of drug-likeness (QED) is 0.757. The number of nitrogens with one attached hydrogen (secondary N) is 2. The van der Waals surface area contributed by atoms with Crippen molar-refractivity contribution in [3.63, 3.8) is 0 Å². The van der Waals surface area contributed by atoms with E-state index < -0.39 is 0 Å². The molecule has 7 heteroatoms. The molecule has 0 spiro atoms. The van der Waals surface area contributed by atoms with Gasteiger partial charge in [-0.1, -0.05) is 43.3 Å². The number of benzene rings is 1. The summed E-state index contributed by atoms with van der Waals surface area (Å²) < 4.78 is 0. The first kappa shape index (κ1) is 21.7. The van der Waals surface area contributed by atoms with Crippen LogP contribution in [-0.4, -0.2) is 46.4 Å². The number of likely N-dealkylation sites (tertiary alicyclic amines) is 1. The number of aliphatic imine (C=N–C) groups is 1. The third-order valence-corrected chi connectivity index (χ3v) is 6.88. The van der Waals surface area contributed by atoms with Gasteiger partial charge in [0.25, 0.3) is 0 Å². The number of carbonyl (C=O) groups is 2. The van der Waals surface area contributed by atoms with Crippen molar-refractivity contribution in [1.29, 1.82) is 0 Å². The number of hydrogen-bond acceptors (Lipinski definition) is 4. The van der Waals surface area contributed by atoms with Gasteiger partial charge in [-0.2, -0.15) is 0 Å². The molecule has 29 heavy (non-hydrogen) atoms. The first-order chi connectivity index (χ1) is 13.6. The van der Waals surface area contributed by atoms with Crippen LogP contribution in [0.5, 0.6) is 0 Å². The molecular formula is C22H32N4O2S. The third-order valence-electron chi connectivity index (χ3n) is 5.58. The van der Waals surface area contributed by atoms with E-state index in [0.29, 0.717) is 5.17 Å². The summed E-state index contributed by atoms with van der Waals surface area (Å²) in [4.78, 5) is 31.9. The SMILES string of the molecule is Cc1cc(C)c(NC(=O)C2SC(NC(=O)N3CCCC(C)(C)C3)=NC2C)c(C)c1. The summed E-state index contributed by atoms with van der Waals surface area (Å²) in [5.41, 5.74) is 4.28. The predicted octanol–water partition coefficient (Wildman–Crippen LogP) is 4.24. The summed E-state index contributed by atoms with van der Waals surface area (Å²) in [6.07, 6.45) is 2.14. The maximum atomic E-state index is 12.9. The number of carbonyl (C=O) groups excluding carboxylic acids is 2. The maximum Gasteiger partial charge on any atom is 0.323 e. The molecule has 0 saturated carbocycles. The molecule has 2 unspecified atom stereocenters. The lowest BCUT2D eigenvalue weighted by Gasteiger charge is -2.37. The Kier molecular flexibility index (Phi) is 6.27. The van der Waals surface area contributed by atoms with Crippen molar-refractivity contribution in [2.75, 3.05) is 18.4 Å². The van der Waals surface area contributed by atoms with Gasteiger partial charge >= 0.3 is 6.03 Å². The number of rotatable bonds is 2. The summed E-state index contributed by atoms with van der Waals surface area (Å²) in [7, 11) is 0. The first-order valence-corrected chi connectivity index (χ1v) is 11.1. The highest BCUT2D eigenvalue weighted by Crippen LogP contribution is 2.31. The van der Waals surface area contributed by atoms with Crippen molar-refractivity contribution in [2.24, 2.45) is 10.4 Å². The number of nitrogens with zero attached hydrogens (tertiary/aromatic N) is 2. The van der Waals surface area contributed by atoms with Crippen LogP contribution in [0.1, 0.15) is 50.3 Å². The summed E-state index contributed by atoms with van der Waals surface area (Å²) in [6, 6.07) is 3.81. The fourth-order valence-corrected chi connectivity index (χ4v) is 5.21. The van der Waals surface area contributed by atoms with E-state index in [-0.39, 0.29) is 28.6 Å². The Morgan fingerprint density at radius 2 is 1.83 bits per heavy atom. The van der Waals surface area contributed by atoms with Gasteiger partial charge in [0.2, 0.25) is 5.91 Å². The zero-order chi connectivity index (χ0) is 21.3. The van der Waals surface area contributed by atoms with Gasteiger partial charge < -0.3 is 10.2 Å². The Morgan fingerprint density at radius 3 is 2.45 bits per heavy atom. The molecule has 0 aliphatic carbocycles. The number of piperidine rings is 1. The molecule has 2 heterocycles. The normalized spacial score (nSPS) is 23.5. The largest absolute Gasteiger partial charge is 0.325 e. The lowest BCUT2D eigenvalue weighted by Crippen LogP contribution is -2.49. The van der Waals surface area contributed by atoms with E-state index in [4.69, 9.17) is 0 Å². The van der Waals surface area contributed by atoms with Crippen LogP contribution in [0.4, 0.5) is 10.5 Å². The number of hydrogen-bond donors (Lipinski definition) is 2. The Morgan fingerprint density at radius 1 is 1.17 bits per heavy atom. The van der Waals surface area contributed by atoms with E-state index >= 15 is 0 Å². The lowest BCUT2D eigenvalue weighted by atomic mass is 9.84. The number of amides is 3. The van der Waals surface area contributed by atoms with Crippen LogP contribution >= 0.6 is 11.8 Å². The third kappa shape index (κ3) is 5.13. The van der Waals surface area contributed by atoms with Crippen molar-refractivity contribution < 1.29 is 9.59 Å². The van der Waals surface area contributed by atoms with Gasteiger partial charge in [-0.3, -0.25) is 15.1 Å². The van der Waals surface area contributed by atoms with Crippen molar-refractivity contribution >= 4 is 34.6 Å². The van der Waals surface area contributed by atoms with Crippen LogP contribution < -0.4 is 10.6 Å². The molecule has 0 radical (unpaired) electrons. The smallest absolute Gasteiger partial charge is 0.323 e. The molecule has 3 rings (SSSR count). The summed E-state index contributed by atoms with van der Waals surface area (Å²) >= 11 is 1.33. The number of anilines is 1. The van der Waals surface area contributed by atoms with E-state index in [9.17, 15) is 9.59 Å². The van der Waals surface area contributed by atoms with Crippen LogP contribution in [-0.2, 0) is 4.79 Å². The Labute approximate surface area is 177 Å². The highest BCUT2D eigenvalue weighted by Gasteiger charge is 2.35. The van der Waals surface area contributed by atoms with E-state index in [0.717, 1.165) is 42.7 Å². The van der Waals surface area contributed by atoms with E-state index in [1.165, 1.54) is 17.3 Å². The van der Waals surface area contributed by atoms with Crippen LogP contribution in [0.2, 0.25) is 0 Å². The molecule has 2 atom stereocenters. The minimum absolute atomic E-state index is 0.0790. The first-order valence-electron chi connectivity index (χ1n) is 10.2. The monoisotopic (exact) mass is 416 g/mol. The van der Waals surface area contributed by atoms with Gasteiger partial charge in [-0.15, -0.1) is 0 Å². The van der Waals surface area contributed by atoms with Gasteiger partial charge in [0.05, 0.1) is 6.04 Å². The van der Waals surface area contributed by atoms with Crippen molar-refractivity contribution in [3.8, 4) is 0 Å². The fourth-order valence-electron chi connectivity index (χ4n) is 4.17. The second kappa shape index (κ2) is 8.38. The molecule has 6 nitrogen and oxygen atoms in total. The lowest BCUT2D eigenvalue weighted by molar-refractivity contribution is -0.115. The molecule has 1 aromatic carbocycles. The minimum atomic E-state index is -0.358. The summed E-state index contributed by atoms with van der Waals surface area (Å²) in [5.74, 6) is -0.0790. The molecule has 2 aliphatic rings. The molecular weight excluding hydrogens is 384 g/mol. The Hall–Kier alpha value is -2.02. The second-order valence-corrected chi connectivity index (χ2v) is 10.2. The van der Waals surface area contributed by atoms with Crippen LogP contribution in [0.3, 0.4) is 0 Å². The average Bonchev–Trinajstić information content (AvgIpc) is 2.97. The van der Waals surface area contributed by atoms with E-state index in [2.05, 4.69) is 41.6 Å². The average molecular weight is 417 g/mol.